The van der Waals surface area contributed by atoms with E-state index < -0.39 is 5.41 Å². The quantitative estimate of drug-likeness (QED) is 0.432. The molecule has 0 bridgehead atoms. The number of amides is 2. The maximum absolute atomic E-state index is 12.6. The minimum Gasteiger partial charge on any atom is -0.495 e. The summed E-state index contributed by atoms with van der Waals surface area (Å²) >= 11 is 6.00. The molecule has 0 unspecified atom stereocenters. The van der Waals surface area contributed by atoms with Gasteiger partial charge in [0.15, 0.2) is 6.29 Å². The molecule has 0 heterocycles. The van der Waals surface area contributed by atoms with E-state index in [0.717, 1.165) is 19.3 Å². The van der Waals surface area contributed by atoms with Gasteiger partial charge in [0, 0.05) is 30.6 Å². The molecule has 28 heavy (non-hydrogen) atoms. The number of halogens is 1. The normalized spacial score (nSPS) is 15.6. The van der Waals surface area contributed by atoms with Crippen molar-refractivity contribution < 1.29 is 19.1 Å². The van der Waals surface area contributed by atoms with Crippen LogP contribution in [0.15, 0.2) is 29.6 Å². The van der Waals surface area contributed by atoms with E-state index in [1.165, 1.54) is 7.11 Å². The van der Waals surface area contributed by atoms with Gasteiger partial charge in [0.25, 0.3) is 0 Å². The minimum atomic E-state index is -0.401. The topological polar surface area (TPSA) is 96.5 Å². The Kier molecular flexibility index (Phi) is 7.45. The molecule has 1 fully saturated rings. The number of hydrogen-bond acceptors (Lipinski definition) is 5. The zero-order chi connectivity index (χ0) is 20.7. The van der Waals surface area contributed by atoms with Crippen molar-refractivity contribution in [3.8, 4) is 5.75 Å². The Labute approximate surface area is 169 Å². The van der Waals surface area contributed by atoms with E-state index in [0.29, 0.717) is 28.4 Å². The number of anilines is 1. The van der Waals surface area contributed by atoms with Crippen molar-refractivity contribution in [1.82, 2.24) is 10.6 Å². The summed E-state index contributed by atoms with van der Waals surface area (Å²) in [5, 5.41) is 8.78. The molecule has 0 saturated heterocycles. The van der Waals surface area contributed by atoms with Crippen LogP contribution in [0.5, 0.6) is 5.75 Å². The molecule has 0 atom stereocenters. The summed E-state index contributed by atoms with van der Waals surface area (Å²) in [5.41, 5.74) is 0.878. The molecule has 2 amide bonds. The van der Waals surface area contributed by atoms with Gasteiger partial charge < -0.3 is 20.7 Å². The third-order valence-corrected chi connectivity index (χ3v) is 5.33. The molecule has 152 valence electrons. The fourth-order valence-electron chi connectivity index (χ4n) is 3.29. The van der Waals surface area contributed by atoms with Crippen LogP contribution >= 0.6 is 11.6 Å². The second-order valence-corrected chi connectivity index (χ2v) is 7.49. The molecule has 1 aliphatic carbocycles. The van der Waals surface area contributed by atoms with Gasteiger partial charge in [0.05, 0.1) is 18.5 Å². The van der Waals surface area contributed by atoms with E-state index in [9.17, 15) is 14.4 Å². The van der Waals surface area contributed by atoms with Crippen LogP contribution in [0.3, 0.4) is 0 Å². The number of ether oxygens (including phenoxy) is 1. The van der Waals surface area contributed by atoms with E-state index in [-0.39, 0.29) is 30.4 Å². The molecule has 0 spiro atoms. The average Bonchev–Trinajstić information content (AvgIpc) is 2.63. The number of rotatable bonds is 9. The van der Waals surface area contributed by atoms with Crippen LogP contribution < -0.4 is 20.7 Å². The molecule has 1 aliphatic rings. The molecule has 0 radical (unpaired) electrons. The maximum atomic E-state index is 12.6. The lowest BCUT2D eigenvalue weighted by Gasteiger charge is -2.41. The summed E-state index contributed by atoms with van der Waals surface area (Å²) in [6.45, 7) is 1.70. The smallest absolute Gasteiger partial charge is 0.225 e. The number of carbonyl (C=O) groups excluding carboxylic acids is 3. The standard InChI is InChI=1S/C20H26ClN3O4/c1-13(22-2)16(12-25)24-19(27)11-20(7-4-8-20)10-18(26)23-15-9-14(21)5-6-17(15)28-3/h5-6,9,12,22H,4,7-8,10-11H2,1-3H3,(H,23,26)(H,24,27)/b16-13+. The van der Waals surface area contributed by atoms with E-state index >= 15 is 0 Å². The number of nitrogens with one attached hydrogen (secondary N) is 3. The lowest BCUT2D eigenvalue weighted by Crippen LogP contribution is -2.39. The molecule has 8 heteroatoms. The minimum absolute atomic E-state index is 0.182. The van der Waals surface area contributed by atoms with Crippen molar-refractivity contribution >= 4 is 35.4 Å². The summed E-state index contributed by atoms with van der Waals surface area (Å²) in [6.07, 6.45) is 3.53. The molecule has 0 aromatic heterocycles. The Bertz CT molecular complexity index is 788. The lowest BCUT2D eigenvalue weighted by atomic mass is 9.64. The third-order valence-electron chi connectivity index (χ3n) is 5.09. The van der Waals surface area contributed by atoms with Gasteiger partial charge >= 0.3 is 0 Å². The highest BCUT2D eigenvalue weighted by Gasteiger charge is 2.41. The van der Waals surface area contributed by atoms with Crippen LogP contribution in [-0.4, -0.2) is 32.3 Å². The van der Waals surface area contributed by atoms with Crippen molar-refractivity contribution in [3.05, 3.63) is 34.6 Å². The number of aldehydes is 1. The molecule has 1 aromatic carbocycles. The molecule has 1 saturated carbocycles. The van der Waals surface area contributed by atoms with Gasteiger partial charge in [-0.15, -0.1) is 0 Å². The van der Waals surface area contributed by atoms with Gasteiger partial charge in [0.1, 0.15) is 5.75 Å². The Balaban J connectivity index is 2.03. The Morgan fingerprint density at radius 2 is 1.93 bits per heavy atom. The van der Waals surface area contributed by atoms with Crippen LogP contribution in [0.1, 0.15) is 39.0 Å². The SMILES string of the molecule is CN/C(C)=C(\C=O)NC(=O)CC1(CC(=O)Nc2cc(Cl)ccc2OC)CCC1. The van der Waals surface area contributed by atoms with Crippen molar-refractivity contribution in [2.45, 2.75) is 39.0 Å². The summed E-state index contributed by atoms with van der Waals surface area (Å²) in [5.74, 6) is 0.0385. The van der Waals surface area contributed by atoms with Gasteiger partial charge in [-0.3, -0.25) is 14.4 Å². The predicted octanol–water partition coefficient (Wildman–Crippen LogP) is 3.00. The van der Waals surface area contributed by atoms with E-state index in [1.807, 2.05) is 0 Å². The van der Waals surface area contributed by atoms with Gasteiger partial charge in [-0.1, -0.05) is 18.0 Å². The van der Waals surface area contributed by atoms with E-state index in [1.54, 1.807) is 32.2 Å². The molecule has 3 N–H and O–H groups in total. The lowest BCUT2D eigenvalue weighted by molar-refractivity contribution is -0.127. The van der Waals surface area contributed by atoms with Crippen LogP contribution in [-0.2, 0) is 14.4 Å². The van der Waals surface area contributed by atoms with Gasteiger partial charge in [-0.25, -0.2) is 0 Å². The zero-order valence-corrected chi connectivity index (χ0v) is 17.1. The number of methoxy groups -OCH3 is 1. The van der Waals surface area contributed by atoms with Crippen molar-refractivity contribution in [2.75, 3.05) is 19.5 Å². The summed E-state index contributed by atoms with van der Waals surface area (Å²) in [6, 6.07) is 4.99. The average molecular weight is 408 g/mol. The fourth-order valence-corrected chi connectivity index (χ4v) is 3.46. The van der Waals surface area contributed by atoms with Crippen molar-refractivity contribution in [3.63, 3.8) is 0 Å². The Hall–Kier alpha value is -2.54. The highest BCUT2D eigenvalue weighted by molar-refractivity contribution is 6.31. The first kappa shape index (κ1) is 21.8. The molecule has 2 rings (SSSR count). The monoisotopic (exact) mass is 407 g/mol. The van der Waals surface area contributed by atoms with Gasteiger partial charge in [-0.2, -0.15) is 0 Å². The molecule has 0 aliphatic heterocycles. The van der Waals surface area contributed by atoms with E-state index in [2.05, 4.69) is 16.0 Å². The van der Waals surface area contributed by atoms with Crippen molar-refractivity contribution in [2.24, 2.45) is 5.41 Å². The number of allylic oxidation sites excluding steroid dienone is 2. The second kappa shape index (κ2) is 9.59. The summed E-state index contributed by atoms with van der Waals surface area (Å²) in [7, 11) is 3.19. The molecular formula is C20H26ClN3O4. The summed E-state index contributed by atoms with van der Waals surface area (Å²) in [4.78, 5) is 36.2. The van der Waals surface area contributed by atoms with Crippen LogP contribution in [0.2, 0.25) is 5.02 Å². The zero-order valence-electron chi connectivity index (χ0n) is 16.4. The van der Waals surface area contributed by atoms with Gasteiger partial charge in [-0.05, 0) is 43.4 Å². The first-order valence-electron chi connectivity index (χ1n) is 9.09. The molecule has 7 nitrogen and oxygen atoms in total. The second-order valence-electron chi connectivity index (χ2n) is 7.05. The van der Waals surface area contributed by atoms with Crippen LogP contribution in [0, 0.1) is 5.41 Å². The highest BCUT2D eigenvalue weighted by Crippen LogP contribution is 2.47. The van der Waals surface area contributed by atoms with Crippen LogP contribution in [0.25, 0.3) is 0 Å². The highest BCUT2D eigenvalue weighted by atomic mass is 35.5. The third kappa shape index (κ3) is 5.48. The molecular weight excluding hydrogens is 382 g/mol. The number of carbonyl (C=O) groups is 3. The largest absolute Gasteiger partial charge is 0.495 e. The Morgan fingerprint density at radius 1 is 1.25 bits per heavy atom. The predicted molar refractivity (Wildman–Crippen MR) is 108 cm³/mol. The molecule has 1 aromatic rings. The first-order valence-corrected chi connectivity index (χ1v) is 9.47. The first-order chi connectivity index (χ1) is 13.3. The van der Waals surface area contributed by atoms with E-state index in [4.69, 9.17) is 16.3 Å². The maximum Gasteiger partial charge on any atom is 0.225 e. The Morgan fingerprint density at radius 3 is 2.46 bits per heavy atom. The number of hydrogen-bond donors (Lipinski definition) is 3. The summed E-state index contributed by atoms with van der Waals surface area (Å²) < 4.78 is 5.24. The fraction of sp³-hybridized carbons (Fsp3) is 0.450. The van der Waals surface area contributed by atoms with Gasteiger partial charge in [0.2, 0.25) is 11.8 Å². The van der Waals surface area contributed by atoms with Crippen LogP contribution in [0.4, 0.5) is 5.69 Å². The van der Waals surface area contributed by atoms with Crippen molar-refractivity contribution in [1.29, 1.82) is 0 Å². The number of benzene rings is 1.